The van der Waals surface area contributed by atoms with Crippen LogP contribution in [0.4, 0.5) is 0 Å². The molecule has 86 valence electrons. The van der Waals surface area contributed by atoms with Gasteiger partial charge in [-0.15, -0.1) is 0 Å². The summed E-state index contributed by atoms with van der Waals surface area (Å²) in [5.41, 5.74) is 0. The zero-order valence-electron chi connectivity index (χ0n) is 8.37. The molecule has 1 atom stereocenters. The lowest BCUT2D eigenvalue weighted by atomic mass is 10.3. The number of aromatic nitrogens is 2. The molecule has 0 saturated heterocycles. The van der Waals surface area contributed by atoms with Gasteiger partial charge in [0.05, 0.1) is 5.75 Å². The van der Waals surface area contributed by atoms with Crippen molar-refractivity contribution in [2.45, 2.75) is 11.8 Å². The molecular weight excluding hydrogens is 230 g/mol. The molecule has 2 N–H and O–H groups in total. The molecule has 0 radical (unpaired) electrons. The highest BCUT2D eigenvalue weighted by Gasteiger charge is 2.15. The SMILES string of the molecule is O=CNC(CSCc1ncccn1)C(=O)O. The van der Waals surface area contributed by atoms with Crippen LogP contribution in [-0.4, -0.2) is 39.2 Å². The Kier molecular flexibility index (Phi) is 5.27. The van der Waals surface area contributed by atoms with Crippen molar-refractivity contribution < 1.29 is 14.7 Å². The Bertz CT molecular complexity index is 347. The first-order valence-corrected chi connectivity index (χ1v) is 5.65. The average molecular weight is 241 g/mol. The minimum absolute atomic E-state index is 0.284. The van der Waals surface area contributed by atoms with Crippen LogP contribution in [0.15, 0.2) is 18.5 Å². The van der Waals surface area contributed by atoms with E-state index < -0.39 is 12.0 Å². The summed E-state index contributed by atoms with van der Waals surface area (Å²) >= 11 is 1.36. The number of aliphatic carboxylic acids is 1. The topological polar surface area (TPSA) is 92.2 Å². The van der Waals surface area contributed by atoms with Crippen molar-refractivity contribution in [1.82, 2.24) is 15.3 Å². The molecule has 1 aromatic rings. The Hall–Kier alpha value is -1.63. The fourth-order valence-corrected chi connectivity index (χ4v) is 1.87. The molecule has 1 rings (SSSR count). The van der Waals surface area contributed by atoms with Crippen LogP contribution in [0.25, 0.3) is 0 Å². The van der Waals surface area contributed by atoms with Crippen LogP contribution < -0.4 is 5.32 Å². The van der Waals surface area contributed by atoms with Gasteiger partial charge in [0, 0.05) is 18.1 Å². The minimum Gasteiger partial charge on any atom is -0.480 e. The van der Waals surface area contributed by atoms with Gasteiger partial charge in [0.1, 0.15) is 11.9 Å². The van der Waals surface area contributed by atoms with Gasteiger partial charge in [-0.25, -0.2) is 14.8 Å². The largest absolute Gasteiger partial charge is 0.480 e. The molecule has 0 spiro atoms. The van der Waals surface area contributed by atoms with E-state index >= 15 is 0 Å². The van der Waals surface area contributed by atoms with Crippen LogP contribution in [0.3, 0.4) is 0 Å². The summed E-state index contributed by atoms with van der Waals surface area (Å²) in [6.07, 6.45) is 3.64. The lowest BCUT2D eigenvalue weighted by molar-refractivity contribution is -0.139. The second-order valence-corrected chi connectivity index (χ2v) is 3.89. The highest BCUT2D eigenvalue weighted by atomic mass is 32.2. The number of rotatable bonds is 7. The van der Waals surface area contributed by atoms with Gasteiger partial charge in [-0.05, 0) is 6.07 Å². The number of thioether (sulfide) groups is 1. The lowest BCUT2D eigenvalue weighted by Gasteiger charge is -2.09. The van der Waals surface area contributed by atoms with Crippen LogP contribution >= 0.6 is 11.8 Å². The summed E-state index contributed by atoms with van der Waals surface area (Å²) in [6, 6.07) is 0.841. The van der Waals surface area contributed by atoms with Gasteiger partial charge in [0.25, 0.3) is 0 Å². The van der Waals surface area contributed by atoms with Gasteiger partial charge < -0.3 is 10.4 Å². The summed E-state index contributed by atoms with van der Waals surface area (Å²) < 4.78 is 0. The summed E-state index contributed by atoms with van der Waals surface area (Å²) in [4.78, 5) is 28.8. The van der Waals surface area contributed by atoms with Gasteiger partial charge in [-0.1, -0.05) is 0 Å². The Balaban J connectivity index is 2.33. The second-order valence-electron chi connectivity index (χ2n) is 2.86. The quantitative estimate of drug-likeness (QED) is 0.648. The summed E-state index contributed by atoms with van der Waals surface area (Å²) in [7, 11) is 0. The molecule has 0 aliphatic heterocycles. The Labute approximate surface area is 96.5 Å². The summed E-state index contributed by atoms with van der Waals surface area (Å²) in [6.45, 7) is 0. The second kappa shape index (κ2) is 6.78. The molecule has 0 saturated carbocycles. The fourth-order valence-electron chi connectivity index (χ4n) is 0.945. The number of carboxylic acid groups (broad SMARTS) is 1. The van der Waals surface area contributed by atoms with E-state index in [2.05, 4.69) is 15.3 Å². The third-order valence-electron chi connectivity index (χ3n) is 1.70. The number of nitrogens with zero attached hydrogens (tertiary/aromatic N) is 2. The first kappa shape index (κ1) is 12.4. The van der Waals surface area contributed by atoms with Gasteiger partial charge in [-0.2, -0.15) is 11.8 Å². The zero-order valence-corrected chi connectivity index (χ0v) is 9.18. The number of hydrogen-bond donors (Lipinski definition) is 2. The summed E-state index contributed by atoms with van der Waals surface area (Å²) in [5.74, 6) is 0.397. The average Bonchev–Trinajstić information content (AvgIpc) is 2.29. The third-order valence-corrected chi connectivity index (χ3v) is 2.73. The molecule has 1 amide bonds. The molecule has 6 nitrogen and oxygen atoms in total. The zero-order chi connectivity index (χ0) is 11.8. The number of carbonyl (C=O) groups excluding carboxylic acids is 1. The van der Waals surface area contributed by atoms with Crippen molar-refractivity contribution >= 4 is 24.1 Å². The van der Waals surface area contributed by atoms with Crippen LogP contribution in [0, 0.1) is 0 Å². The van der Waals surface area contributed by atoms with Crippen LogP contribution in [0.1, 0.15) is 5.82 Å². The smallest absolute Gasteiger partial charge is 0.327 e. The molecular formula is C9H11N3O3S. The molecule has 1 unspecified atom stereocenters. The molecule has 1 heterocycles. The number of amides is 1. The minimum atomic E-state index is -1.05. The van der Waals surface area contributed by atoms with Crippen LogP contribution in [0.2, 0.25) is 0 Å². The van der Waals surface area contributed by atoms with E-state index in [1.807, 2.05) is 0 Å². The van der Waals surface area contributed by atoms with E-state index in [0.717, 1.165) is 0 Å². The number of carboxylic acids is 1. The normalized spacial score (nSPS) is 11.8. The predicted octanol–water partition coefficient (Wildman–Crippen LogP) is -0.0910. The van der Waals surface area contributed by atoms with Crippen LogP contribution in [-0.2, 0) is 15.3 Å². The molecule has 1 aromatic heterocycles. The monoisotopic (exact) mass is 241 g/mol. The molecule has 16 heavy (non-hydrogen) atoms. The highest BCUT2D eigenvalue weighted by molar-refractivity contribution is 7.98. The molecule has 0 aliphatic rings. The highest BCUT2D eigenvalue weighted by Crippen LogP contribution is 2.09. The number of nitrogens with one attached hydrogen (secondary N) is 1. The predicted molar refractivity (Wildman–Crippen MR) is 58.8 cm³/mol. The molecule has 0 fully saturated rings. The Morgan fingerprint density at radius 1 is 1.56 bits per heavy atom. The van der Waals surface area contributed by atoms with Crippen molar-refractivity contribution in [3.8, 4) is 0 Å². The molecule has 0 aromatic carbocycles. The first-order valence-electron chi connectivity index (χ1n) is 4.50. The van der Waals surface area contributed by atoms with Gasteiger partial charge in [0.2, 0.25) is 6.41 Å². The Morgan fingerprint density at radius 3 is 2.81 bits per heavy atom. The van der Waals surface area contributed by atoms with E-state index in [1.165, 1.54) is 11.8 Å². The van der Waals surface area contributed by atoms with Crippen molar-refractivity contribution in [2.75, 3.05) is 5.75 Å². The van der Waals surface area contributed by atoms with Gasteiger partial charge in [0.15, 0.2) is 0 Å². The summed E-state index contributed by atoms with van der Waals surface area (Å²) in [5, 5.41) is 11.0. The van der Waals surface area contributed by atoms with Crippen molar-refractivity contribution in [2.24, 2.45) is 0 Å². The van der Waals surface area contributed by atoms with Crippen molar-refractivity contribution in [3.63, 3.8) is 0 Å². The number of hydrogen-bond acceptors (Lipinski definition) is 5. The van der Waals surface area contributed by atoms with Crippen molar-refractivity contribution in [3.05, 3.63) is 24.3 Å². The van der Waals surface area contributed by atoms with Crippen LogP contribution in [0.5, 0.6) is 0 Å². The number of carbonyl (C=O) groups is 2. The lowest BCUT2D eigenvalue weighted by Crippen LogP contribution is -2.37. The van der Waals surface area contributed by atoms with E-state index in [0.29, 0.717) is 18.0 Å². The maximum atomic E-state index is 10.7. The van der Waals surface area contributed by atoms with Gasteiger partial charge in [-0.3, -0.25) is 4.79 Å². The first-order chi connectivity index (χ1) is 7.74. The van der Waals surface area contributed by atoms with E-state index in [-0.39, 0.29) is 5.75 Å². The van der Waals surface area contributed by atoms with Gasteiger partial charge >= 0.3 is 5.97 Å². The van der Waals surface area contributed by atoms with Crippen molar-refractivity contribution in [1.29, 1.82) is 0 Å². The van der Waals surface area contributed by atoms with E-state index in [9.17, 15) is 9.59 Å². The maximum Gasteiger partial charge on any atom is 0.327 e. The molecule has 0 bridgehead atoms. The Morgan fingerprint density at radius 2 is 2.25 bits per heavy atom. The van der Waals surface area contributed by atoms with E-state index in [4.69, 9.17) is 5.11 Å². The standard InChI is InChI=1S/C9H11N3O3S/c13-6-12-7(9(14)15)4-16-5-8-10-2-1-3-11-8/h1-3,6-7H,4-5H2,(H,12,13)(H,14,15). The molecule has 7 heteroatoms. The third kappa shape index (κ3) is 4.26. The molecule has 0 aliphatic carbocycles. The van der Waals surface area contributed by atoms with E-state index in [1.54, 1.807) is 18.5 Å². The maximum absolute atomic E-state index is 10.7. The fraction of sp³-hybridized carbons (Fsp3) is 0.333.